The second-order valence-corrected chi connectivity index (χ2v) is 5.00. The van der Waals surface area contributed by atoms with Crippen LogP contribution in [0.3, 0.4) is 0 Å². The largest absolute Gasteiger partial charge is 0.322 e. The van der Waals surface area contributed by atoms with Gasteiger partial charge in [0.1, 0.15) is 0 Å². The predicted molar refractivity (Wildman–Crippen MR) is 74.5 cm³/mol. The Balaban J connectivity index is 2.21. The molecule has 0 fully saturated rings. The van der Waals surface area contributed by atoms with Crippen molar-refractivity contribution < 1.29 is 0 Å². The van der Waals surface area contributed by atoms with E-state index in [1.807, 2.05) is 11.6 Å². The number of nitrogens with zero attached hydrogens (tertiary/aromatic N) is 2. The van der Waals surface area contributed by atoms with E-state index >= 15 is 0 Å². The van der Waals surface area contributed by atoms with Gasteiger partial charge in [0.05, 0.1) is 12.2 Å². The summed E-state index contributed by atoms with van der Waals surface area (Å²) in [4.78, 5) is 0. The first-order chi connectivity index (χ1) is 8.49. The topological polar surface area (TPSA) is 43.8 Å². The molecule has 1 aromatic heterocycles. The Morgan fingerprint density at radius 2 is 1.94 bits per heavy atom. The minimum Gasteiger partial charge on any atom is -0.322 e. The molecule has 0 bridgehead atoms. The Morgan fingerprint density at radius 3 is 2.50 bits per heavy atom. The van der Waals surface area contributed by atoms with Gasteiger partial charge in [-0.3, -0.25) is 4.68 Å². The number of benzene rings is 1. The molecule has 0 aliphatic heterocycles. The van der Waals surface area contributed by atoms with Crippen LogP contribution in [0.15, 0.2) is 24.3 Å². The smallest absolute Gasteiger partial charge is 0.0625 e. The second-order valence-electron chi connectivity index (χ2n) is 5.00. The fraction of sp³-hybridized carbons (Fsp3) is 0.400. The van der Waals surface area contributed by atoms with Crippen LogP contribution in [-0.2, 0) is 6.54 Å². The highest BCUT2D eigenvalue weighted by Gasteiger charge is 2.12. The van der Waals surface area contributed by atoms with Crippen molar-refractivity contribution >= 4 is 0 Å². The van der Waals surface area contributed by atoms with Crippen molar-refractivity contribution in [3.8, 4) is 0 Å². The van der Waals surface area contributed by atoms with Crippen molar-refractivity contribution in [1.82, 2.24) is 9.78 Å². The molecule has 18 heavy (non-hydrogen) atoms. The number of aromatic nitrogens is 2. The van der Waals surface area contributed by atoms with Crippen molar-refractivity contribution in [2.75, 3.05) is 0 Å². The summed E-state index contributed by atoms with van der Waals surface area (Å²) in [6.07, 6.45) is 0. The Bertz CT molecular complexity index is 555. The lowest BCUT2D eigenvalue weighted by molar-refractivity contribution is 0.514. The number of nitrogens with two attached hydrogens (primary N) is 1. The molecule has 3 heteroatoms. The summed E-state index contributed by atoms with van der Waals surface area (Å²) in [6, 6.07) is 8.35. The summed E-state index contributed by atoms with van der Waals surface area (Å²) in [5.41, 5.74) is 12.2. The van der Waals surface area contributed by atoms with E-state index in [-0.39, 0.29) is 6.04 Å². The van der Waals surface area contributed by atoms with Crippen LogP contribution in [0, 0.1) is 27.7 Å². The molecule has 3 nitrogen and oxygen atoms in total. The van der Waals surface area contributed by atoms with E-state index in [0.29, 0.717) is 0 Å². The van der Waals surface area contributed by atoms with Crippen LogP contribution >= 0.6 is 0 Å². The molecule has 0 saturated carbocycles. The molecule has 1 unspecified atom stereocenters. The molecule has 0 radical (unpaired) electrons. The number of rotatable bonds is 3. The zero-order chi connectivity index (χ0) is 13.3. The maximum atomic E-state index is 6.26. The van der Waals surface area contributed by atoms with Gasteiger partial charge in [-0.05, 0) is 38.8 Å². The summed E-state index contributed by atoms with van der Waals surface area (Å²) in [6.45, 7) is 9.05. The lowest BCUT2D eigenvalue weighted by Crippen LogP contribution is -2.19. The first-order valence-electron chi connectivity index (χ1n) is 6.32. The van der Waals surface area contributed by atoms with Gasteiger partial charge in [0.2, 0.25) is 0 Å². The van der Waals surface area contributed by atoms with Crippen LogP contribution in [0.1, 0.15) is 34.1 Å². The van der Waals surface area contributed by atoms with E-state index in [4.69, 9.17) is 5.73 Å². The third-order valence-electron chi connectivity index (χ3n) is 3.58. The lowest BCUT2D eigenvalue weighted by Gasteiger charge is -2.14. The normalized spacial score (nSPS) is 12.7. The molecule has 0 amide bonds. The van der Waals surface area contributed by atoms with E-state index in [2.05, 4.69) is 50.1 Å². The average Bonchev–Trinajstić information content (AvgIpc) is 2.57. The first kappa shape index (κ1) is 12.8. The highest BCUT2D eigenvalue weighted by atomic mass is 15.3. The minimum atomic E-state index is -0.0118. The maximum Gasteiger partial charge on any atom is 0.0625 e. The quantitative estimate of drug-likeness (QED) is 0.901. The van der Waals surface area contributed by atoms with E-state index in [0.717, 1.165) is 12.2 Å². The minimum absolute atomic E-state index is 0.0118. The van der Waals surface area contributed by atoms with Crippen molar-refractivity contribution in [3.63, 3.8) is 0 Å². The van der Waals surface area contributed by atoms with Gasteiger partial charge in [-0.2, -0.15) is 5.10 Å². The SMILES string of the molecule is Cc1cccc(C(N)Cn2nc(C)c(C)c2C)c1. The highest BCUT2D eigenvalue weighted by molar-refractivity contribution is 5.26. The molecule has 1 atom stereocenters. The third kappa shape index (κ3) is 2.46. The van der Waals surface area contributed by atoms with Crippen LogP contribution in [-0.4, -0.2) is 9.78 Å². The van der Waals surface area contributed by atoms with E-state index in [1.165, 1.54) is 22.4 Å². The van der Waals surface area contributed by atoms with Gasteiger partial charge >= 0.3 is 0 Å². The molecule has 96 valence electrons. The standard InChI is InChI=1S/C15H21N3/c1-10-6-5-7-14(8-10)15(16)9-18-13(4)11(2)12(3)17-18/h5-8,15H,9,16H2,1-4H3. The second kappa shape index (κ2) is 4.94. The summed E-state index contributed by atoms with van der Waals surface area (Å²) >= 11 is 0. The predicted octanol–water partition coefficient (Wildman–Crippen LogP) is 2.82. The Morgan fingerprint density at radius 1 is 1.22 bits per heavy atom. The van der Waals surface area contributed by atoms with Gasteiger partial charge in [0.15, 0.2) is 0 Å². The van der Waals surface area contributed by atoms with Gasteiger partial charge in [0.25, 0.3) is 0 Å². The van der Waals surface area contributed by atoms with E-state index < -0.39 is 0 Å². The zero-order valence-corrected chi connectivity index (χ0v) is 11.6. The van der Waals surface area contributed by atoms with Gasteiger partial charge in [0, 0.05) is 11.7 Å². The van der Waals surface area contributed by atoms with E-state index in [9.17, 15) is 0 Å². The summed E-state index contributed by atoms with van der Waals surface area (Å²) in [7, 11) is 0. The van der Waals surface area contributed by atoms with Crippen LogP contribution in [0.5, 0.6) is 0 Å². The molecular weight excluding hydrogens is 222 g/mol. The lowest BCUT2D eigenvalue weighted by atomic mass is 10.1. The van der Waals surface area contributed by atoms with Crippen LogP contribution in [0.2, 0.25) is 0 Å². The number of hydrogen-bond acceptors (Lipinski definition) is 2. The molecule has 1 heterocycles. The Labute approximate surface area is 109 Å². The van der Waals surface area contributed by atoms with Crippen molar-refractivity contribution in [3.05, 3.63) is 52.3 Å². The Kier molecular flexibility index (Phi) is 3.53. The molecule has 0 saturated heterocycles. The van der Waals surface area contributed by atoms with Gasteiger partial charge in [-0.25, -0.2) is 0 Å². The molecule has 0 spiro atoms. The summed E-state index contributed by atoms with van der Waals surface area (Å²) in [5, 5.41) is 4.53. The van der Waals surface area contributed by atoms with Crippen molar-refractivity contribution in [2.24, 2.45) is 5.73 Å². The molecule has 2 N–H and O–H groups in total. The summed E-state index contributed by atoms with van der Waals surface area (Å²) in [5.74, 6) is 0. The fourth-order valence-corrected chi connectivity index (χ4v) is 2.16. The third-order valence-corrected chi connectivity index (χ3v) is 3.58. The van der Waals surface area contributed by atoms with Gasteiger partial charge in [-0.1, -0.05) is 29.8 Å². The molecule has 0 aliphatic carbocycles. The van der Waals surface area contributed by atoms with Gasteiger partial charge in [-0.15, -0.1) is 0 Å². The fourth-order valence-electron chi connectivity index (χ4n) is 2.16. The average molecular weight is 243 g/mol. The van der Waals surface area contributed by atoms with Gasteiger partial charge < -0.3 is 5.73 Å². The Hall–Kier alpha value is -1.61. The van der Waals surface area contributed by atoms with Crippen molar-refractivity contribution in [1.29, 1.82) is 0 Å². The van der Waals surface area contributed by atoms with Crippen LogP contribution < -0.4 is 5.73 Å². The first-order valence-corrected chi connectivity index (χ1v) is 6.32. The molecule has 0 aliphatic rings. The molecule has 2 rings (SSSR count). The maximum absolute atomic E-state index is 6.26. The highest BCUT2D eigenvalue weighted by Crippen LogP contribution is 2.17. The zero-order valence-electron chi connectivity index (χ0n) is 11.6. The van der Waals surface area contributed by atoms with Crippen LogP contribution in [0.4, 0.5) is 0 Å². The number of aryl methyl sites for hydroxylation is 2. The van der Waals surface area contributed by atoms with Crippen LogP contribution in [0.25, 0.3) is 0 Å². The van der Waals surface area contributed by atoms with E-state index in [1.54, 1.807) is 0 Å². The molecule has 1 aromatic carbocycles. The monoisotopic (exact) mass is 243 g/mol. The number of hydrogen-bond donors (Lipinski definition) is 1. The molecular formula is C15H21N3. The van der Waals surface area contributed by atoms with Crippen molar-refractivity contribution in [2.45, 2.75) is 40.3 Å². The summed E-state index contributed by atoms with van der Waals surface area (Å²) < 4.78 is 2.01. The molecule has 2 aromatic rings.